The van der Waals surface area contributed by atoms with Crippen molar-refractivity contribution in [3.8, 4) is 10.6 Å². The summed E-state index contributed by atoms with van der Waals surface area (Å²) < 4.78 is 2.35. The van der Waals surface area contributed by atoms with Crippen molar-refractivity contribution in [2.24, 2.45) is 0 Å². The molecule has 2 heterocycles. The van der Waals surface area contributed by atoms with Gasteiger partial charge in [-0.05, 0) is 12.1 Å². The van der Waals surface area contributed by atoms with E-state index in [9.17, 15) is 0 Å². The van der Waals surface area contributed by atoms with Crippen LogP contribution >= 0.6 is 34.4 Å². The van der Waals surface area contributed by atoms with E-state index in [0.29, 0.717) is 0 Å². The number of fused-ring (bicyclic) bond motifs is 1. The highest BCUT2D eigenvalue weighted by Crippen LogP contribution is 2.32. The molecule has 2 nitrogen and oxygen atoms in total. The summed E-state index contributed by atoms with van der Waals surface area (Å²) in [5, 5.41) is 3.23. The predicted octanol–water partition coefficient (Wildman–Crippen LogP) is 5.71. The summed E-state index contributed by atoms with van der Waals surface area (Å²) >= 11 is 5.21. The van der Waals surface area contributed by atoms with Crippen molar-refractivity contribution in [3.05, 3.63) is 65.7 Å². The van der Waals surface area contributed by atoms with Crippen molar-refractivity contribution in [2.45, 2.75) is 10.1 Å². The first-order chi connectivity index (χ1) is 10.9. The SMILES string of the molecule is c1ccc(-c2nc(CSc3nc4ccccc4s3)cs2)cc1. The highest BCUT2D eigenvalue weighted by Gasteiger charge is 2.07. The summed E-state index contributed by atoms with van der Waals surface area (Å²) in [6.07, 6.45) is 0. The van der Waals surface area contributed by atoms with Gasteiger partial charge in [-0.3, -0.25) is 0 Å². The van der Waals surface area contributed by atoms with E-state index >= 15 is 0 Å². The molecule has 0 atom stereocenters. The number of nitrogens with zero attached hydrogens (tertiary/aromatic N) is 2. The van der Waals surface area contributed by atoms with Crippen LogP contribution in [0.2, 0.25) is 0 Å². The van der Waals surface area contributed by atoms with E-state index < -0.39 is 0 Å². The monoisotopic (exact) mass is 340 g/mol. The fraction of sp³-hybridized carbons (Fsp3) is 0.0588. The molecule has 2 aromatic carbocycles. The molecule has 22 heavy (non-hydrogen) atoms. The zero-order valence-electron chi connectivity index (χ0n) is 11.6. The Bertz CT molecular complexity index is 863. The molecule has 0 radical (unpaired) electrons. The molecule has 0 bridgehead atoms. The van der Waals surface area contributed by atoms with Gasteiger partial charge in [-0.1, -0.05) is 54.2 Å². The van der Waals surface area contributed by atoms with Gasteiger partial charge in [-0.2, -0.15) is 0 Å². The molecule has 0 saturated carbocycles. The third-order valence-electron chi connectivity index (χ3n) is 3.19. The fourth-order valence-corrected chi connectivity index (χ4v) is 5.03. The second kappa shape index (κ2) is 6.20. The smallest absolute Gasteiger partial charge is 0.151 e. The molecule has 0 saturated heterocycles. The highest BCUT2D eigenvalue weighted by molar-refractivity contribution is 8.00. The van der Waals surface area contributed by atoms with Crippen LogP contribution in [0.1, 0.15) is 5.69 Å². The number of rotatable bonds is 4. The van der Waals surface area contributed by atoms with Gasteiger partial charge in [0.15, 0.2) is 4.34 Å². The van der Waals surface area contributed by atoms with E-state index in [-0.39, 0.29) is 0 Å². The number of aromatic nitrogens is 2. The summed E-state index contributed by atoms with van der Waals surface area (Å²) in [5.74, 6) is 0.864. The van der Waals surface area contributed by atoms with Gasteiger partial charge in [-0.25, -0.2) is 9.97 Å². The first-order valence-corrected chi connectivity index (χ1v) is 9.55. The number of benzene rings is 2. The summed E-state index contributed by atoms with van der Waals surface area (Å²) in [6, 6.07) is 18.6. The first-order valence-electron chi connectivity index (χ1n) is 6.87. The van der Waals surface area contributed by atoms with Gasteiger partial charge in [0, 0.05) is 16.7 Å². The lowest BCUT2D eigenvalue weighted by molar-refractivity contribution is 1.22. The quantitative estimate of drug-likeness (QED) is 0.445. The lowest BCUT2D eigenvalue weighted by Crippen LogP contribution is -1.81. The number of thioether (sulfide) groups is 1. The van der Waals surface area contributed by atoms with Crippen molar-refractivity contribution in [1.82, 2.24) is 9.97 Å². The molecule has 5 heteroatoms. The molecule has 4 rings (SSSR count). The largest absolute Gasteiger partial charge is 0.240 e. The van der Waals surface area contributed by atoms with E-state index in [1.165, 1.54) is 10.3 Å². The Labute approximate surface area is 140 Å². The highest BCUT2D eigenvalue weighted by atomic mass is 32.2. The Hall–Kier alpha value is -1.69. The minimum atomic E-state index is 0.864. The second-order valence-electron chi connectivity index (χ2n) is 4.75. The Morgan fingerprint density at radius 2 is 1.73 bits per heavy atom. The molecule has 0 N–H and O–H groups in total. The van der Waals surface area contributed by atoms with E-state index in [2.05, 4.69) is 40.7 Å². The molecule has 0 amide bonds. The van der Waals surface area contributed by atoms with Gasteiger partial charge < -0.3 is 0 Å². The van der Waals surface area contributed by atoms with Crippen LogP contribution in [0, 0.1) is 0 Å². The number of hydrogen-bond donors (Lipinski definition) is 0. The molecule has 4 aromatic rings. The number of hydrogen-bond acceptors (Lipinski definition) is 5. The Balaban J connectivity index is 1.49. The zero-order chi connectivity index (χ0) is 14.8. The minimum absolute atomic E-state index is 0.864. The fourth-order valence-electron chi connectivity index (χ4n) is 2.14. The third kappa shape index (κ3) is 2.92. The molecule has 2 aromatic heterocycles. The van der Waals surface area contributed by atoms with Crippen LogP contribution in [0.25, 0.3) is 20.8 Å². The zero-order valence-corrected chi connectivity index (χ0v) is 14.0. The molecule has 0 aliphatic carbocycles. The van der Waals surface area contributed by atoms with E-state index in [1.54, 1.807) is 34.4 Å². The normalized spacial score (nSPS) is 11.1. The maximum absolute atomic E-state index is 4.72. The average Bonchev–Trinajstić information content (AvgIpc) is 3.20. The van der Waals surface area contributed by atoms with Crippen LogP contribution < -0.4 is 0 Å². The van der Waals surface area contributed by atoms with Crippen LogP contribution in [0.3, 0.4) is 0 Å². The van der Waals surface area contributed by atoms with Crippen molar-refractivity contribution < 1.29 is 0 Å². The van der Waals surface area contributed by atoms with E-state index in [4.69, 9.17) is 4.98 Å². The van der Waals surface area contributed by atoms with Crippen molar-refractivity contribution in [2.75, 3.05) is 0 Å². The van der Waals surface area contributed by atoms with E-state index in [0.717, 1.165) is 26.3 Å². The van der Waals surface area contributed by atoms with Gasteiger partial charge in [-0.15, -0.1) is 22.7 Å². The van der Waals surface area contributed by atoms with Gasteiger partial charge in [0.05, 0.1) is 15.9 Å². The van der Waals surface area contributed by atoms with Crippen LogP contribution in [0.5, 0.6) is 0 Å². The average molecular weight is 340 g/mol. The molecule has 0 spiro atoms. The molecule has 0 aliphatic rings. The second-order valence-corrected chi connectivity index (χ2v) is 7.86. The summed E-state index contributed by atoms with van der Waals surface area (Å²) in [6.45, 7) is 0. The summed E-state index contributed by atoms with van der Waals surface area (Å²) in [5.41, 5.74) is 3.38. The number of thiazole rings is 2. The Morgan fingerprint density at radius 3 is 2.59 bits per heavy atom. The van der Waals surface area contributed by atoms with E-state index in [1.807, 2.05) is 24.3 Å². The molecule has 0 aliphatic heterocycles. The molecular formula is C17H12N2S3. The van der Waals surface area contributed by atoms with Crippen molar-refractivity contribution in [1.29, 1.82) is 0 Å². The molecule has 0 fully saturated rings. The standard InChI is InChI=1S/C17H12N2S3/c1-2-6-12(7-3-1)16-18-13(10-20-16)11-21-17-19-14-8-4-5-9-15(14)22-17/h1-10H,11H2. The summed E-state index contributed by atoms with van der Waals surface area (Å²) in [7, 11) is 0. The predicted molar refractivity (Wildman–Crippen MR) is 96.7 cm³/mol. The number of para-hydroxylation sites is 1. The van der Waals surface area contributed by atoms with Crippen LogP contribution in [0.15, 0.2) is 64.3 Å². The maximum Gasteiger partial charge on any atom is 0.151 e. The van der Waals surface area contributed by atoms with Crippen LogP contribution in [-0.2, 0) is 5.75 Å². The van der Waals surface area contributed by atoms with Crippen LogP contribution in [-0.4, -0.2) is 9.97 Å². The van der Waals surface area contributed by atoms with Gasteiger partial charge in [0.25, 0.3) is 0 Å². The third-order valence-corrected chi connectivity index (χ3v) is 6.34. The molecular weight excluding hydrogens is 328 g/mol. The first kappa shape index (κ1) is 13.9. The Morgan fingerprint density at radius 1 is 0.909 bits per heavy atom. The maximum atomic E-state index is 4.72. The van der Waals surface area contributed by atoms with Gasteiger partial charge in [0.2, 0.25) is 0 Å². The van der Waals surface area contributed by atoms with Crippen molar-refractivity contribution in [3.63, 3.8) is 0 Å². The van der Waals surface area contributed by atoms with Crippen LogP contribution in [0.4, 0.5) is 0 Å². The topological polar surface area (TPSA) is 25.8 Å². The summed E-state index contributed by atoms with van der Waals surface area (Å²) in [4.78, 5) is 9.37. The van der Waals surface area contributed by atoms with Gasteiger partial charge >= 0.3 is 0 Å². The Kier molecular flexibility index (Phi) is 3.93. The molecule has 0 unspecified atom stereocenters. The molecule has 108 valence electrons. The lowest BCUT2D eigenvalue weighted by Gasteiger charge is -1.95. The van der Waals surface area contributed by atoms with Gasteiger partial charge in [0.1, 0.15) is 5.01 Å². The lowest BCUT2D eigenvalue weighted by atomic mass is 10.2. The minimum Gasteiger partial charge on any atom is -0.240 e. The van der Waals surface area contributed by atoms with Crippen molar-refractivity contribution >= 4 is 44.7 Å².